The number of halogens is 1. The number of hydrogen-bond donors (Lipinski definition) is 1. The molecule has 2 aromatic rings. The van der Waals surface area contributed by atoms with Gasteiger partial charge in [-0.15, -0.1) is 5.10 Å². The first-order chi connectivity index (χ1) is 13.6. The van der Waals surface area contributed by atoms with Crippen LogP contribution in [0.25, 0.3) is 12.2 Å². The van der Waals surface area contributed by atoms with Gasteiger partial charge in [0.05, 0.1) is 5.75 Å². The lowest BCUT2D eigenvalue weighted by Crippen LogP contribution is -2.50. The van der Waals surface area contributed by atoms with Gasteiger partial charge in [0.25, 0.3) is 0 Å². The van der Waals surface area contributed by atoms with Crippen molar-refractivity contribution in [3.63, 3.8) is 0 Å². The Balaban J connectivity index is 1.20. The minimum absolute atomic E-state index is 0.0522. The van der Waals surface area contributed by atoms with E-state index >= 15 is 0 Å². The molecule has 4 aliphatic rings. The Morgan fingerprint density at radius 2 is 1.75 bits per heavy atom. The Hall–Kier alpha value is -1.95. The number of carbonyl (C=O) groups is 1. The highest BCUT2D eigenvalue weighted by atomic mass is 32.2. The fourth-order valence-electron chi connectivity index (χ4n) is 5.88. The number of nitrogens with one attached hydrogen (secondary N) is 1. The van der Waals surface area contributed by atoms with Crippen molar-refractivity contribution in [1.82, 2.24) is 15.2 Å². The Morgan fingerprint density at radius 3 is 2.39 bits per heavy atom. The van der Waals surface area contributed by atoms with Crippen LogP contribution in [0.5, 0.6) is 0 Å². The quantitative estimate of drug-likeness (QED) is 0.698. The molecule has 1 heterocycles. The molecule has 0 radical (unpaired) electrons. The summed E-state index contributed by atoms with van der Waals surface area (Å²) in [5, 5.41) is 7.72. The van der Waals surface area contributed by atoms with Gasteiger partial charge < -0.3 is 0 Å². The normalized spacial score (nSPS) is 31.0. The van der Waals surface area contributed by atoms with Crippen LogP contribution in [0.15, 0.2) is 29.4 Å². The number of carbonyl (C=O) groups excluding carboxylic acids is 1. The van der Waals surface area contributed by atoms with Gasteiger partial charge in [-0.05, 0) is 80.1 Å². The lowest BCUT2D eigenvalue weighted by molar-refractivity contribution is -0.141. The summed E-state index contributed by atoms with van der Waals surface area (Å²) >= 11 is 1.44. The van der Waals surface area contributed by atoms with E-state index < -0.39 is 0 Å². The van der Waals surface area contributed by atoms with Crippen molar-refractivity contribution in [2.45, 2.75) is 43.7 Å². The fourth-order valence-corrected chi connectivity index (χ4v) is 6.72. The van der Waals surface area contributed by atoms with Crippen LogP contribution >= 0.6 is 11.8 Å². The van der Waals surface area contributed by atoms with E-state index in [9.17, 15) is 9.18 Å². The number of thioether (sulfide) groups is 1. The van der Waals surface area contributed by atoms with Crippen LogP contribution in [-0.4, -0.2) is 26.7 Å². The molecule has 0 aliphatic heterocycles. The summed E-state index contributed by atoms with van der Waals surface area (Å²) < 4.78 is 13.0. The number of H-pyrrole nitrogens is 1. The van der Waals surface area contributed by atoms with Crippen LogP contribution in [0, 0.1) is 29.0 Å². The molecule has 28 heavy (non-hydrogen) atoms. The Labute approximate surface area is 168 Å². The van der Waals surface area contributed by atoms with E-state index in [2.05, 4.69) is 15.2 Å². The lowest BCUT2D eigenvalue weighted by atomic mass is 9.48. The van der Waals surface area contributed by atoms with Gasteiger partial charge in [-0.1, -0.05) is 30.0 Å². The molecule has 1 aromatic carbocycles. The first-order valence-corrected chi connectivity index (χ1v) is 11.1. The van der Waals surface area contributed by atoms with E-state index in [1.54, 1.807) is 12.1 Å². The third kappa shape index (κ3) is 3.54. The average molecular weight is 398 g/mol. The first-order valence-electron chi connectivity index (χ1n) is 10.1. The highest BCUT2D eigenvalue weighted by Crippen LogP contribution is 2.60. The van der Waals surface area contributed by atoms with E-state index in [1.807, 2.05) is 12.2 Å². The van der Waals surface area contributed by atoms with E-state index in [0.717, 1.165) is 42.6 Å². The zero-order valence-electron chi connectivity index (χ0n) is 15.7. The molecule has 0 atom stereocenters. The third-order valence-corrected chi connectivity index (χ3v) is 7.60. The van der Waals surface area contributed by atoms with Gasteiger partial charge in [0.1, 0.15) is 17.4 Å². The smallest absolute Gasteiger partial charge is 0.209 e. The Kier molecular flexibility index (Phi) is 4.62. The summed E-state index contributed by atoms with van der Waals surface area (Å²) in [4.78, 5) is 17.5. The van der Waals surface area contributed by atoms with Crippen molar-refractivity contribution >= 4 is 29.7 Å². The number of aromatic nitrogens is 3. The van der Waals surface area contributed by atoms with Crippen molar-refractivity contribution in [3.8, 4) is 0 Å². The van der Waals surface area contributed by atoms with Gasteiger partial charge >= 0.3 is 0 Å². The summed E-state index contributed by atoms with van der Waals surface area (Å²) in [6.07, 6.45) is 11.0. The van der Waals surface area contributed by atoms with E-state index in [1.165, 1.54) is 43.2 Å². The van der Waals surface area contributed by atoms with Gasteiger partial charge in [-0.3, -0.25) is 9.89 Å². The summed E-state index contributed by atoms with van der Waals surface area (Å²) in [6, 6.07) is 6.28. The fraction of sp³-hybridized carbons (Fsp3) is 0.500. The summed E-state index contributed by atoms with van der Waals surface area (Å²) in [5.74, 6) is 3.61. The maximum Gasteiger partial charge on any atom is 0.209 e. The number of benzene rings is 1. The predicted molar refractivity (Wildman–Crippen MR) is 108 cm³/mol. The minimum atomic E-state index is -0.251. The van der Waals surface area contributed by atoms with Gasteiger partial charge in [-0.25, -0.2) is 9.37 Å². The maximum absolute atomic E-state index is 13.1. The van der Waals surface area contributed by atoms with Crippen molar-refractivity contribution in [1.29, 1.82) is 0 Å². The molecular formula is C22H24FN3OS. The summed E-state index contributed by atoms with van der Waals surface area (Å²) in [7, 11) is 0. The molecule has 0 spiro atoms. The molecule has 4 saturated carbocycles. The van der Waals surface area contributed by atoms with Gasteiger partial charge in [0, 0.05) is 5.41 Å². The Morgan fingerprint density at radius 1 is 1.11 bits per heavy atom. The van der Waals surface area contributed by atoms with Gasteiger partial charge in [0.2, 0.25) is 5.16 Å². The first kappa shape index (κ1) is 18.1. The molecule has 4 fully saturated rings. The zero-order valence-corrected chi connectivity index (χ0v) is 16.6. The van der Waals surface area contributed by atoms with Crippen molar-refractivity contribution in [2.75, 3.05) is 5.75 Å². The van der Waals surface area contributed by atoms with Crippen LogP contribution in [0.4, 0.5) is 4.39 Å². The number of Topliss-reactive ketones (excluding diaryl/α,β-unsaturated/α-hetero) is 1. The molecule has 0 unspecified atom stereocenters. The molecule has 1 N–H and O–H groups in total. The van der Waals surface area contributed by atoms with Crippen LogP contribution in [0.3, 0.4) is 0 Å². The molecule has 0 saturated heterocycles. The van der Waals surface area contributed by atoms with Crippen LogP contribution in [-0.2, 0) is 4.79 Å². The molecule has 1 aromatic heterocycles. The standard InChI is InChI=1S/C22H24FN3OS/c23-18-4-1-14(2-5-18)3-6-20-24-21(26-25-20)28-13-19(27)22-10-15-7-16(11-22)9-17(8-15)12-22/h1-6,15-17H,7-13H2,(H,24,25,26)/b6-3+. The van der Waals surface area contributed by atoms with E-state index in [-0.39, 0.29) is 11.2 Å². The molecule has 6 heteroatoms. The van der Waals surface area contributed by atoms with Crippen LogP contribution < -0.4 is 0 Å². The van der Waals surface area contributed by atoms with Crippen molar-refractivity contribution in [3.05, 3.63) is 41.5 Å². The lowest BCUT2D eigenvalue weighted by Gasteiger charge is -2.56. The number of hydrogen-bond acceptors (Lipinski definition) is 4. The topological polar surface area (TPSA) is 58.6 Å². The molecule has 4 aliphatic carbocycles. The largest absolute Gasteiger partial charge is 0.298 e. The second kappa shape index (κ2) is 7.14. The van der Waals surface area contributed by atoms with E-state index in [0.29, 0.717) is 22.5 Å². The molecule has 0 amide bonds. The molecule has 4 bridgehead atoms. The number of ketones is 1. The van der Waals surface area contributed by atoms with Crippen LogP contribution in [0.1, 0.15) is 49.9 Å². The summed E-state index contributed by atoms with van der Waals surface area (Å²) in [6.45, 7) is 0. The molecule has 6 rings (SSSR count). The monoisotopic (exact) mass is 397 g/mol. The number of rotatable bonds is 6. The van der Waals surface area contributed by atoms with Crippen LogP contribution in [0.2, 0.25) is 0 Å². The average Bonchev–Trinajstić information content (AvgIpc) is 3.12. The SMILES string of the molecule is O=C(CSc1n[nH]c(/C=C/c2ccc(F)cc2)n1)C12CC3CC(CC(C3)C1)C2. The second-order valence-electron chi connectivity index (χ2n) is 8.80. The van der Waals surface area contributed by atoms with Crippen molar-refractivity contribution in [2.24, 2.45) is 23.2 Å². The second-order valence-corrected chi connectivity index (χ2v) is 9.74. The molecular weight excluding hydrogens is 373 g/mol. The maximum atomic E-state index is 13.1. The third-order valence-electron chi connectivity index (χ3n) is 6.75. The highest BCUT2D eigenvalue weighted by molar-refractivity contribution is 7.99. The highest BCUT2D eigenvalue weighted by Gasteiger charge is 2.54. The Bertz CT molecular complexity index is 869. The predicted octanol–water partition coefficient (Wildman–Crippen LogP) is 4.99. The van der Waals surface area contributed by atoms with E-state index in [4.69, 9.17) is 0 Å². The zero-order chi connectivity index (χ0) is 19.1. The summed E-state index contributed by atoms with van der Waals surface area (Å²) in [5.41, 5.74) is 0.840. The number of nitrogens with zero attached hydrogens (tertiary/aromatic N) is 2. The van der Waals surface area contributed by atoms with Gasteiger partial charge in [0.15, 0.2) is 0 Å². The molecule has 146 valence electrons. The molecule has 4 nitrogen and oxygen atoms in total. The van der Waals surface area contributed by atoms with Crippen molar-refractivity contribution < 1.29 is 9.18 Å². The minimum Gasteiger partial charge on any atom is -0.298 e. The van der Waals surface area contributed by atoms with Gasteiger partial charge in [-0.2, -0.15) is 0 Å². The number of aromatic amines is 1.